The highest BCUT2D eigenvalue weighted by molar-refractivity contribution is 7.15. The van der Waals surface area contributed by atoms with Crippen molar-refractivity contribution in [3.05, 3.63) is 40.9 Å². The Morgan fingerprint density at radius 1 is 1.29 bits per heavy atom. The first-order valence-corrected chi connectivity index (χ1v) is 9.35. The Hall–Kier alpha value is -1.72. The molecular formula is C19H24N2O2S. The number of hydrogen-bond acceptors (Lipinski definition) is 4. The monoisotopic (exact) mass is 344 g/mol. The van der Waals surface area contributed by atoms with Crippen molar-refractivity contribution in [2.45, 2.75) is 39.2 Å². The molecule has 1 aliphatic heterocycles. The summed E-state index contributed by atoms with van der Waals surface area (Å²) in [5.41, 5.74) is 2.51. The number of hydrogen-bond donors (Lipinski definition) is 1. The number of thiazole rings is 1. The lowest BCUT2D eigenvalue weighted by molar-refractivity contribution is -0.143. The Bertz CT molecular complexity index is 686. The fourth-order valence-electron chi connectivity index (χ4n) is 3.08. The molecular weight excluding hydrogens is 320 g/mol. The molecule has 2 aromatic rings. The van der Waals surface area contributed by atoms with Gasteiger partial charge in [-0.15, -0.1) is 11.3 Å². The zero-order valence-electron chi connectivity index (χ0n) is 14.2. The van der Waals surface area contributed by atoms with Crippen molar-refractivity contribution in [3.8, 4) is 10.6 Å². The van der Waals surface area contributed by atoms with Gasteiger partial charge in [0.2, 0.25) is 0 Å². The topological polar surface area (TPSA) is 53.4 Å². The summed E-state index contributed by atoms with van der Waals surface area (Å²) in [6.45, 7) is 6.97. The molecule has 1 N–H and O–H groups in total. The summed E-state index contributed by atoms with van der Waals surface area (Å²) in [7, 11) is 0. The van der Waals surface area contributed by atoms with E-state index in [9.17, 15) is 4.79 Å². The number of aliphatic carboxylic acids is 1. The molecule has 2 heterocycles. The first kappa shape index (κ1) is 17.1. The molecule has 0 saturated carbocycles. The molecule has 1 aromatic heterocycles. The van der Waals surface area contributed by atoms with E-state index in [1.165, 1.54) is 16.0 Å². The van der Waals surface area contributed by atoms with Gasteiger partial charge >= 0.3 is 5.97 Å². The van der Waals surface area contributed by atoms with Gasteiger partial charge < -0.3 is 5.11 Å². The summed E-state index contributed by atoms with van der Waals surface area (Å²) in [5.74, 6) is -0.281. The van der Waals surface area contributed by atoms with E-state index in [1.807, 2.05) is 6.20 Å². The average Bonchev–Trinajstić information content (AvgIpc) is 3.04. The fourth-order valence-corrected chi connectivity index (χ4v) is 4.04. The zero-order valence-corrected chi connectivity index (χ0v) is 15.1. The molecule has 128 valence electrons. The molecule has 0 bridgehead atoms. The second kappa shape index (κ2) is 7.45. The minimum Gasteiger partial charge on any atom is -0.481 e. The van der Waals surface area contributed by atoms with Gasteiger partial charge in [-0.2, -0.15) is 0 Å². The number of nitrogens with zero attached hydrogens (tertiary/aromatic N) is 2. The van der Waals surface area contributed by atoms with Gasteiger partial charge in [0.25, 0.3) is 0 Å². The minimum atomic E-state index is -0.653. The summed E-state index contributed by atoms with van der Waals surface area (Å²) >= 11 is 1.73. The van der Waals surface area contributed by atoms with Crippen LogP contribution < -0.4 is 0 Å². The van der Waals surface area contributed by atoms with Crippen LogP contribution >= 0.6 is 11.3 Å². The van der Waals surface area contributed by atoms with Gasteiger partial charge in [0.15, 0.2) is 0 Å². The number of rotatable bonds is 5. The average molecular weight is 344 g/mol. The first-order valence-electron chi connectivity index (χ1n) is 8.53. The van der Waals surface area contributed by atoms with E-state index in [1.54, 1.807) is 11.3 Å². The Morgan fingerprint density at radius 3 is 2.54 bits per heavy atom. The third-order valence-electron chi connectivity index (χ3n) is 4.69. The van der Waals surface area contributed by atoms with Crippen molar-refractivity contribution in [1.29, 1.82) is 0 Å². The molecule has 4 nitrogen and oxygen atoms in total. The summed E-state index contributed by atoms with van der Waals surface area (Å²) in [5, 5.41) is 10.1. The van der Waals surface area contributed by atoms with Gasteiger partial charge in [-0.1, -0.05) is 38.1 Å². The third kappa shape index (κ3) is 4.02. The number of carboxylic acids is 1. The molecule has 1 fully saturated rings. The predicted molar refractivity (Wildman–Crippen MR) is 97.3 cm³/mol. The van der Waals surface area contributed by atoms with Crippen molar-refractivity contribution in [2.75, 3.05) is 13.1 Å². The molecule has 1 aliphatic rings. The fraction of sp³-hybridized carbons (Fsp3) is 0.474. The Kier molecular flexibility index (Phi) is 5.31. The molecule has 0 amide bonds. The molecule has 1 aromatic carbocycles. The lowest BCUT2D eigenvalue weighted by atomic mass is 9.97. The maximum atomic E-state index is 11.0. The largest absolute Gasteiger partial charge is 0.481 e. The molecule has 0 radical (unpaired) electrons. The quantitative estimate of drug-likeness (QED) is 0.882. The van der Waals surface area contributed by atoms with Crippen LogP contribution in [0.5, 0.6) is 0 Å². The van der Waals surface area contributed by atoms with Crippen LogP contribution in [0.25, 0.3) is 10.6 Å². The van der Waals surface area contributed by atoms with Crippen molar-refractivity contribution in [1.82, 2.24) is 9.88 Å². The van der Waals surface area contributed by atoms with E-state index in [2.05, 4.69) is 48.0 Å². The van der Waals surface area contributed by atoms with Crippen LogP contribution in [0.4, 0.5) is 0 Å². The lowest BCUT2D eigenvalue weighted by Crippen LogP contribution is -2.35. The van der Waals surface area contributed by atoms with E-state index in [0.717, 1.165) is 37.5 Å². The Morgan fingerprint density at radius 2 is 1.96 bits per heavy atom. The SMILES string of the molecule is CC(C)c1ccc(-c2ncc(CN3CCC(C(=O)O)CC3)s2)cc1. The van der Waals surface area contributed by atoms with Crippen molar-refractivity contribution >= 4 is 17.3 Å². The standard InChI is InChI=1S/C19H24N2O2S/c1-13(2)14-3-5-15(6-4-14)18-20-11-17(24-18)12-21-9-7-16(8-10-21)19(22)23/h3-6,11,13,16H,7-10,12H2,1-2H3,(H,22,23). The summed E-state index contributed by atoms with van der Waals surface area (Å²) in [6, 6.07) is 8.65. The van der Waals surface area contributed by atoms with Crippen molar-refractivity contribution in [3.63, 3.8) is 0 Å². The molecule has 24 heavy (non-hydrogen) atoms. The van der Waals surface area contributed by atoms with Gasteiger partial charge in [0, 0.05) is 23.2 Å². The van der Waals surface area contributed by atoms with Crippen LogP contribution in [0.2, 0.25) is 0 Å². The highest BCUT2D eigenvalue weighted by Gasteiger charge is 2.24. The summed E-state index contributed by atoms with van der Waals surface area (Å²) < 4.78 is 0. The number of piperidine rings is 1. The van der Waals surface area contributed by atoms with Crippen LogP contribution in [-0.4, -0.2) is 34.0 Å². The van der Waals surface area contributed by atoms with E-state index in [-0.39, 0.29) is 5.92 Å². The predicted octanol–water partition coefficient (Wildman–Crippen LogP) is 4.23. The Labute approximate surface area is 147 Å². The molecule has 5 heteroatoms. The van der Waals surface area contributed by atoms with Gasteiger partial charge in [-0.25, -0.2) is 4.98 Å². The van der Waals surface area contributed by atoms with E-state index in [0.29, 0.717) is 5.92 Å². The number of likely N-dealkylation sites (tertiary alicyclic amines) is 1. The van der Waals surface area contributed by atoms with Gasteiger partial charge in [-0.3, -0.25) is 9.69 Å². The second-order valence-corrected chi connectivity index (χ2v) is 7.91. The maximum absolute atomic E-state index is 11.0. The summed E-state index contributed by atoms with van der Waals surface area (Å²) in [4.78, 5) is 19.2. The van der Waals surface area contributed by atoms with Gasteiger partial charge in [0.1, 0.15) is 5.01 Å². The van der Waals surface area contributed by atoms with Gasteiger partial charge in [-0.05, 0) is 37.4 Å². The van der Waals surface area contributed by atoms with Crippen LogP contribution in [0.1, 0.15) is 43.0 Å². The molecule has 0 aliphatic carbocycles. The minimum absolute atomic E-state index is 0.169. The molecule has 0 unspecified atom stereocenters. The summed E-state index contributed by atoms with van der Waals surface area (Å²) in [6.07, 6.45) is 3.45. The second-order valence-electron chi connectivity index (χ2n) is 6.80. The third-order valence-corrected chi connectivity index (χ3v) is 5.73. The van der Waals surface area contributed by atoms with Crippen molar-refractivity contribution in [2.24, 2.45) is 5.92 Å². The van der Waals surface area contributed by atoms with Crippen LogP contribution in [0, 0.1) is 5.92 Å². The number of carboxylic acid groups (broad SMARTS) is 1. The first-order chi connectivity index (χ1) is 11.5. The van der Waals surface area contributed by atoms with Gasteiger partial charge in [0.05, 0.1) is 5.92 Å². The zero-order chi connectivity index (χ0) is 17.1. The van der Waals surface area contributed by atoms with Crippen LogP contribution in [0.15, 0.2) is 30.5 Å². The molecule has 3 rings (SSSR count). The smallest absolute Gasteiger partial charge is 0.306 e. The van der Waals surface area contributed by atoms with Crippen LogP contribution in [-0.2, 0) is 11.3 Å². The van der Waals surface area contributed by atoms with Crippen molar-refractivity contribution < 1.29 is 9.90 Å². The van der Waals surface area contributed by atoms with Crippen LogP contribution in [0.3, 0.4) is 0 Å². The normalized spacial score (nSPS) is 16.6. The highest BCUT2D eigenvalue weighted by Crippen LogP contribution is 2.28. The number of benzene rings is 1. The number of carbonyl (C=O) groups is 1. The Balaban J connectivity index is 1.61. The maximum Gasteiger partial charge on any atom is 0.306 e. The molecule has 1 saturated heterocycles. The van der Waals surface area contributed by atoms with E-state index in [4.69, 9.17) is 5.11 Å². The number of aromatic nitrogens is 1. The highest BCUT2D eigenvalue weighted by atomic mass is 32.1. The molecule has 0 spiro atoms. The van der Waals surface area contributed by atoms with E-state index < -0.39 is 5.97 Å². The van der Waals surface area contributed by atoms with E-state index >= 15 is 0 Å². The lowest BCUT2D eigenvalue weighted by Gasteiger charge is -2.29. The molecule has 0 atom stereocenters.